The van der Waals surface area contributed by atoms with Crippen LogP contribution in [0, 0.1) is 0 Å². The van der Waals surface area contributed by atoms with Crippen LogP contribution >= 0.6 is 0 Å². The Labute approximate surface area is 143 Å². The number of benzene rings is 1. The summed E-state index contributed by atoms with van der Waals surface area (Å²) < 4.78 is 7.01. The van der Waals surface area contributed by atoms with Gasteiger partial charge in [-0.25, -0.2) is 9.67 Å². The van der Waals surface area contributed by atoms with Gasteiger partial charge in [0.2, 0.25) is 5.95 Å². The van der Waals surface area contributed by atoms with Gasteiger partial charge in [0.25, 0.3) is 5.91 Å². The first-order chi connectivity index (χ1) is 12.2. The third kappa shape index (κ3) is 3.08. The van der Waals surface area contributed by atoms with E-state index >= 15 is 0 Å². The fourth-order valence-electron chi connectivity index (χ4n) is 2.96. The Bertz CT molecular complexity index is 927. The number of anilines is 1. The maximum absolute atomic E-state index is 12.4. The maximum Gasteiger partial charge on any atom is 0.262 e. The molecule has 0 saturated heterocycles. The molecule has 1 aliphatic rings. The van der Waals surface area contributed by atoms with E-state index in [-0.39, 0.29) is 17.3 Å². The maximum atomic E-state index is 12.4. The number of nitrogens with one attached hydrogen (secondary N) is 1. The molecule has 0 atom stereocenters. The third-order valence-corrected chi connectivity index (χ3v) is 4.15. The summed E-state index contributed by atoms with van der Waals surface area (Å²) >= 11 is 0. The second kappa shape index (κ2) is 6.35. The molecule has 1 amide bonds. The predicted molar refractivity (Wildman–Crippen MR) is 89.5 cm³/mol. The average Bonchev–Trinajstić information content (AvgIpc) is 3.23. The average molecular weight is 336 g/mol. The molecular weight excluding hydrogens is 320 g/mol. The van der Waals surface area contributed by atoms with Gasteiger partial charge < -0.3 is 4.42 Å². The van der Waals surface area contributed by atoms with E-state index < -0.39 is 5.91 Å². The van der Waals surface area contributed by atoms with Crippen LogP contribution in [-0.2, 0) is 13.0 Å². The number of hydrogen-bond acceptors (Lipinski definition) is 5. The van der Waals surface area contributed by atoms with Crippen molar-refractivity contribution in [1.82, 2.24) is 14.8 Å². The van der Waals surface area contributed by atoms with Gasteiger partial charge in [0.05, 0.1) is 17.7 Å². The number of fused-ring (bicyclic) bond motifs is 1. The number of Topliss-reactive ketones (excluding diaryl/α,β-unsaturated/α-hetero) is 1. The van der Waals surface area contributed by atoms with Crippen molar-refractivity contribution < 1.29 is 14.0 Å². The summed E-state index contributed by atoms with van der Waals surface area (Å²) in [4.78, 5) is 28.6. The number of furan rings is 1. The standard InChI is InChI=1S/C18H16N4O3/c23-14-7-4-8-15-16(14)13(10-25-15)17(24)20-18-19-11-22(21-18)9-12-5-2-1-3-6-12/h1-3,5-6,10-11H,4,7-9H2,(H,20,21,24). The summed E-state index contributed by atoms with van der Waals surface area (Å²) in [7, 11) is 0. The summed E-state index contributed by atoms with van der Waals surface area (Å²) in [6, 6.07) is 9.83. The molecule has 0 saturated carbocycles. The molecule has 0 unspecified atom stereocenters. The van der Waals surface area contributed by atoms with Crippen LogP contribution in [0.4, 0.5) is 5.95 Å². The molecule has 0 radical (unpaired) electrons. The minimum absolute atomic E-state index is 0.0530. The van der Waals surface area contributed by atoms with Gasteiger partial charge in [0.1, 0.15) is 18.4 Å². The Morgan fingerprint density at radius 2 is 2.08 bits per heavy atom. The monoisotopic (exact) mass is 336 g/mol. The summed E-state index contributed by atoms with van der Waals surface area (Å²) in [5.41, 5.74) is 1.73. The molecule has 1 aromatic carbocycles. The number of carbonyl (C=O) groups is 2. The van der Waals surface area contributed by atoms with E-state index in [1.165, 1.54) is 6.26 Å². The number of aryl methyl sites for hydroxylation is 1. The van der Waals surface area contributed by atoms with Crippen molar-refractivity contribution in [3.05, 3.63) is 65.4 Å². The lowest BCUT2D eigenvalue weighted by atomic mass is 9.94. The van der Waals surface area contributed by atoms with Crippen molar-refractivity contribution in [1.29, 1.82) is 0 Å². The lowest BCUT2D eigenvalue weighted by Gasteiger charge is -2.09. The van der Waals surface area contributed by atoms with Gasteiger partial charge >= 0.3 is 0 Å². The molecule has 4 rings (SSSR count). The van der Waals surface area contributed by atoms with Crippen LogP contribution in [0.15, 0.2) is 47.3 Å². The fraction of sp³-hybridized carbons (Fsp3) is 0.222. The summed E-state index contributed by atoms with van der Waals surface area (Å²) in [6.45, 7) is 0.559. The Balaban J connectivity index is 1.49. The Morgan fingerprint density at radius 1 is 1.24 bits per heavy atom. The second-order valence-electron chi connectivity index (χ2n) is 5.93. The van der Waals surface area contributed by atoms with E-state index in [9.17, 15) is 9.59 Å². The molecule has 1 N–H and O–H groups in total. The quantitative estimate of drug-likeness (QED) is 0.791. The number of nitrogens with zero attached hydrogens (tertiary/aromatic N) is 3. The van der Waals surface area contributed by atoms with Crippen LogP contribution in [-0.4, -0.2) is 26.5 Å². The van der Waals surface area contributed by atoms with Gasteiger partial charge in [-0.2, -0.15) is 0 Å². The molecule has 0 aliphatic heterocycles. The smallest absolute Gasteiger partial charge is 0.262 e. The molecule has 0 bridgehead atoms. The van der Waals surface area contributed by atoms with Crippen LogP contribution in [0.25, 0.3) is 0 Å². The molecular formula is C18H16N4O3. The molecule has 2 heterocycles. The molecule has 0 fully saturated rings. The van der Waals surface area contributed by atoms with Crippen LogP contribution < -0.4 is 5.32 Å². The van der Waals surface area contributed by atoms with E-state index in [2.05, 4.69) is 15.4 Å². The van der Waals surface area contributed by atoms with E-state index in [0.29, 0.717) is 30.7 Å². The number of hydrogen-bond donors (Lipinski definition) is 1. The summed E-state index contributed by atoms with van der Waals surface area (Å²) in [6.07, 6.45) is 4.77. The first-order valence-electron chi connectivity index (χ1n) is 8.09. The predicted octanol–water partition coefficient (Wildman–Crippen LogP) is 2.69. The SMILES string of the molecule is O=C(Nc1ncn(Cc2ccccc2)n1)c1coc2c1C(=O)CCC2. The zero-order valence-electron chi connectivity index (χ0n) is 13.4. The molecule has 7 nitrogen and oxygen atoms in total. The topological polar surface area (TPSA) is 90.0 Å². The van der Waals surface area contributed by atoms with E-state index in [1.807, 2.05) is 30.3 Å². The molecule has 1 aliphatic carbocycles. The van der Waals surface area contributed by atoms with Crippen molar-refractivity contribution >= 4 is 17.6 Å². The van der Waals surface area contributed by atoms with Gasteiger partial charge in [-0.15, -0.1) is 5.10 Å². The zero-order chi connectivity index (χ0) is 17.2. The summed E-state index contributed by atoms with van der Waals surface area (Å²) in [5, 5.41) is 6.87. The van der Waals surface area contributed by atoms with Gasteiger partial charge in [0.15, 0.2) is 5.78 Å². The van der Waals surface area contributed by atoms with Crippen molar-refractivity contribution in [3.8, 4) is 0 Å². The number of rotatable bonds is 4. The van der Waals surface area contributed by atoms with Gasteiger partial charge in [-0.05, 0) is 12.0 Å². The highest BCUT2D eigenvalue weighted by atomic mass is 16.3. The van der Waals surface area contributed by atoms with Crippen LogP contribution in [0.3, 0.4) is 0 Å². The number of amides is 1. The zero-order valence-corrected chi connectivity index (χ0v) is 13.4. The molecule has 7 heteroatoms. The minimum atomic E-state index is -0.433. The third-order valence-electron chi connectivity index (χ3n) is 4.15. The minimum Gasteiger partial charge on any atom is -0.468 e. The van der Waals surface area contributed by atoms with Crippen molar-refractivity contribution in [2.45, 2.75) is 25.8 Å². The van der Waals surface area contributed by atoms with E-state index in [1.54, 1.807) is 11.0 Å². The first kappa shape index (κ1) is 15.3. The molecule has 25 heavy (non-hydrogen) atoms. The Kier molecular flexibility index (Phi) is 3.89. The second-order valence-corrected chi connectivity index (χ2v) is 5.93. The van der Waals surface area contributed by atoms with Gasteiger partial charge in [-0.3, -0.25) is 14.9 Å². The first-order valence-corrected chi connectivity index (χ1v) is 8.09. The molecule has 126 valence electrons. The normalized spacial score (nSPS) is 13.5. The highest BCUT2D eigenvalue weighted by molar-refractivity contribution is 6.12. The van der Waals surface area contributed by atoms with Crippen molar-refractivity contribution in [2.75, 3.05) is 5.32 Å². The number of aromatic nitrogens is 3. The molecule has 3 aromatic rings. The van der Waals surface area contributed by atoms with Crippen LogP contribution in [0.2, 0.25) is 0 Å². The van der Waals surface area contributed by atoms with Gasteiger partial charge in [-0.1, -0.05) is 30.3 Å². The Morgan fingerprint density at radius 3 is 2.92 bits per heavy atom. The fourth-order valence-corrected chi connectivity index (χ4v) is 2.96. The lowest BCUT2D eigenvalue weighted by Crippen LogP contribution is -2.18. The highest BCUT2D eigenvalue weighted by Crippen LogP contribution is 2.26. The van der Waals surface area contributed by atoms with Crippen LogP contribution in [0.5, 0.6) is 0 Å². The van der Waals surface area contributed by atoms with Gasteiger partial charge in [0, 0.05) is 12.8 Å². The van der Waals surface area contributed by atoms with E-state index in [0.717, 1.165) is 12.0 Å². The van der Waals surface area contributed by atoms with E-state index in [4.69, 9.17) is 4.42 Å². The molecule has 2 aromatic heterocycles. The molecule has 0 spiro atoms. The largest absolute Gasteiger partial charge is 0.468 e. The highest BCUT2D eigenvalue weighted by Gasteiger charge is 2.28. The van der Waals surface area contributed by atoms with Crippen LogP contribution in [0.1, 0.15) is 44.9 Å². The summed E-state index contributed by atoms with van der Waals surface area (Å²) in [5.74, 6) is 0.295. The number of ketones is 1. The van der Waals surface area contributed by atoms with Crippen molar-refractivity contribution in [3.63, 3.8) is 0 Å². The number of carbonyl (C=O) groups excluding carboxylic acids is 2. The Hall–Kier alpha value is -3.22. The lowest BCUT2D eigenvalue weighted by molar-refractivity contribution is 0.0955. The van der Waals surface area contributed by atoms with Crippen molar-refractivity contribution in [2.24, 2.45) is 0 Å².